The van der Waals surface area contributed by atoms with Crippen molar-refractivity contribution in [3.8, 4) is 5.75 Å². The second-order valence-corrected chi connectivity index (χ2v) is 7.13. The summed E-state index contributed by atoms with van der Waals surface area (Å²) >= 11 is 12.4. The van der Waals surface area contributed by atoms with E-state index in [0.717, 1.165) is 37.5 Å². The van der Waals surface area contributed by atoms with Gasteiger partial charge in [0.25, 0.3) is 0 Å². The molecule has 0 radical (unpaired) electrons. The molecule has 0 bridgehead atoms. The Morgan fingerprint density at radius 2 is 1.95 bits per heavy atom. The Morgan fingerprint density at radius 1 is 1.23 bits per heavy atom. The summed E-state index contributed by atoms with van der Waals surface area (Å²) in [5, 5.41) is 4.73. The summed E-state index contributed by atoms with van der Waals surface area (Å²) in [6, 6.07) is 3.71. The highest BCUT2D eigenvalue weighted by Crippen LogP contribution is 2.40. The molecule has 2 saturated heterocycles. The van der Waals surface area contributed by atoms with Crippen LogP contribution in [0.1, 0.15) is 24.8 Å². The average Bonchev–Trinajstić information content (AvgIpc) is 2.82. The van der Waals surface area contributed by atoms with Gasteiger partial charge in [0.1, 0.15) is 5.75 Å². The number of ether oxygens (including phenoxy) is 1. The summed E-state index contributed by atoms with van der Waals surface area (Å²) in [4.78, 5) is 2.51. The van der Waals surface area contributed by atoms with Gasteiger partial charge in [-0.15, -0.1) is 12.4 Å². The van der Waals surface area contributed by atoms with Crippen LogP contribution in [0, 0.1) is 5.41 Å². The molecule has 124 valence electrons. The molecule has 0 saturated carbocycles. The molecule has 0 aliphatic carbocycles. The third kappa shape index (κ3) is 3.82. The molecular weight excluding hydrogens is 343 g/mol. The standard InChI is InChI=1S/C16H22Cl2N2O.ClH/c1-21-15-12(8-13(17)9-14(15)18)10-20-7-4-16(11-20)2-5-19-6-3-16;/h8-9,19H,2-7,10-11H2,1H3;1H. The molecule has 2 aliphatic heterocycles. The number of rotatable bonds is 3. The van der Waals surface area contributed by atoms with Gasteiger partial charge in [0.15, 0.2) is 0 Å². The molecule has 2 fully saturated rings. The van der Waals surface area contributed by atoms with Crippen molar-refractivity contribution in [3.05, 3.63) is 27.7 Å². The predicted octanol–water partition coefficient (Wildman–Crippen LogP) is 4.00. The van der Waals surface area contributed by atoms with Crippen molar-refractivity contribution >= 4 is 35.6 Å². The smallest absolute Gasteiger partial charge is 0.142 e. The van der Waals surface area contributed by atoms with Gasteiger partial charge in [-0.25, -0.2) is 0 Å². The van der Waals surface area contributed by atoms with E-state index in [9.17, 15) is 0 Å². The third-order valence-electron chi connectivity index (χ3n) is 4.86. The zero-order valence-electron chi connectivity index (χ0n) is 12.8. The molecule has 0 amide bonds. The number of benzene rings is 1. The lowest BCUT2D eigenvalue weighted by Gasteiger charge is -2.34. The largest absolute Gasteiger partial charge is 0.495 e. The van der Waals surface area contributed by atoms with Gasteiger partial charge in [-0.3, -0.25) is 4.90 Å². The van der Waals surface area contributed by atoms with Crippen LogP contribution in [0.2, 0.25) is 10.0 Å². The van der Waals surface area contributed by atoms with E-state index in [-0.39, 0.29) is 12.4 Å². The van der Waals surface area contributed by atoms with Gasteiger partial charge in [0.05, 0.1) is 12.1 Å². The molecule has 2 aliphatic rings. The van der Waals surface area contributed by atoms with E-state index in [2.05, 4.69) is 10.2 Å². The molecule has 0 atom stereocenters. The Labute approximate surface area is 148 Å². The molecular formula is C16H23Cl3N2O. The molecule has 6 heteroatoms. The molecule has 1 N–H and O–H groups in total. The Balaban J connectivity index is 0.00000176. The molecule has 2 heterocycles. The van der Waals surface area contributed by atoms with Crippen LogP contribution >= 0.6 is 35.6 Å². The van der Waals surface area contributed by atoms with E-state index < -0.39 is 0 Å². The highest BCUT2D eigenvalue weighted by molar-refractivity contribution is 6.35. The van der Waals surface area contributed by atoms with E-state index >= 15 is 0 Å². The van der Waals surface area contributed by atoms with Crippen LogP contribution in [0.5, 0.6) is 5.75 Å². The second kappa shape index (κ2) is 7.59. The number of methoxy groups -OCH3 is 1. The minimum atomic E-state index is 0. The second-order valence-electron chi connectivity index (χ2n) is 6.29. The third-order valence-corrected chi connectivity index (χ3v) is 5.36. The van der Waals surface area contributed by atoms with Crippen molar-refractivity contribution in [2.75, 3.05) is 33.3 Å². The molecule has 1 aromatic rings. The van der Waals surface area contributed by atoms with Crippen LogP contribution < -0.4 is 10.1 Å². The molecule has 1 aromatic carbocycles. The van der Waals surface area contributed by atoms with Gasteiger partial charge in [0, 0.05) is 23.7 Å². The SMILES string of the molecule is COc1c(Cl)cc(Cl)cc1CN1CCC2(CCNCC2)C1.Cl. The van der Waals surface area contributed by atoms with Gasteiger partial charge in [-0.1, -0.05) is 23.2 Å². The zero-order valence-corrected chi connectivity index (χ0v) is 15.2. The zero-order chi connectivity index (χ0) is 14.9. The summed E-state index contributed by atoms with van der Waals surface area (Å²) in [6.07, 6.45) is 3.87. The van der Waals surface area contributed by atoms with E-state index in [1.54, 1.807) is 13.2 Å². The van der Waals surface area contributed by atoms with Gasteiger partial charge in [-0.2, -0.15) is 0 Å². The Kier molecular flexibility index (Phi) is 6.26. The lowest BCUT2D eigenvalue weighted by atomic mass is 9.78. The van der Waals surface area contributed by atoms with Crippen LogP contribution in [-0.4, -0.2) is 38.2 Å². The fourth-order valence-electron chi connectivity index (χ4n) is 3.73. The summed E-state index contributed by atoms with van der Waals surface area (Å²) in [6.45, 7) is 5.48. The Bertz CT molecular complexity index is 518. The number of nitrogens with one attached hydrogen (secondary N) is 1. The first-order valence-corrected chi connectivity index (χ1v) is 8.32. The summed E-state index contributed by atoms with van der Waals surface area (Å²) in [5.41, 5.74) is 1.60. The van der Waals surface area contributed by atoms with Crippen molar-refractivity contribution in [2.24, 2.45) is 5.41 Å². The van der Waals surface area contributed by atoms with E-state index in [0.29, 0.717) is 15.5 Å². The van der Waals surface area contributed by atoms with Crippen LogP contribution in [0.15, 0.2) is 12.1 Å². The molecule has 0 aromatic heterocycles. The van der Waals surface area contributed by atoms with Gasteiger partial charge in [0.2, 0.25) is 0 Å². The normalized spacial score (nSPS) is 20.9. The lowest BCUT2D eigenvalue weighted by molar-refractivity contribution is 0.193. The highest BCUT2D eigenvalue weighted by Gasteiger charge is 2.38. The predicted molar refractivity (Wildman–Crippen MR) is 94.7 cm³/mol. The van der Waals surface area contributed by atoms with Crippen LogP contribution in [-0.2, 0) is 6.54 Å². The summed E-state index contributed by atoms with van der Waals surface area (Å²) < 4.78 is 5.45. The summed E-state index contributed by atoms with van der Waals surface area (Å²) in [5.74, 6) is 0.757. The Morgan fingerprint density at radius 3 is 2.64 bits per heavy atom. The van der Waals surface area contributed by atoms with E-state index in [1.165, 1.54) is 25.8 Å². The van der Waals surface area contributed by atoms with Crippen LogP contribution in [0.4, 0.5) is 0 Å². The first-order valence-electron chi connectivity index (χ1n) is 7.57. The van der Waals surface area contributed by atoms with Crippen LogP contribution in [0.3, 0.4) is 0 Å². The topological polar surface area (TPSA) is 24.5 Å². The maximum Gasteiger partial charge on any atom is 0.142 e. The van der Waals surface area contributed by atoms with E-state index in [1.807, 2.05) is 6.07 Å². The highest BCUT2D eigenvalue weighted by atomic mass is 35.5. The summed E-state index contributed by atoms with van der Waals surface area (Å²) in [7, 11) is 1.66. The van der Waals surface area contributed by atoms with Crippen molar-refractivity contribution in [1.82, 2.24) is 10.2 Å². The monoisotopic (exact) mass is 364 g/mol. The minimum Gasteiger partial charge on any atom is -0.495 e. The fourth-order valence-corrected chi connectivity index (χ4v) is 4.34. The molecule has 1 spiro atoms. The van der Waals surface area contributed by atoms with Gasteiger partial charge < -0.3 is 10.1 Å². The minimum absolute atomic E-state index is 0. The Hall–Kier alpha value is -0.190. The van der Waals surface area contributed by atoms with Crippen molar-refractivity contribution in [3.63, 3.8) is 0 Å². The van der Waals surface area contributed by atoms with Crippen molar-refractivity contribution in [2.45, 2.75) is 25.8 Å². The van der Waals surface area contributed by atoms with E-state index in [4.69, 9.17) is 27.9 Å². The molecule has 0 unspecified atom stereocenters. The van der Waals surface area contributed by atoms with Crippen LogP contribution in [0.25, 0.3) is 0 Å². The number of hydrogen-bond acceptors (Lipinski definition) is 3. The fraction of sp³-hybridized carbons (Fsp3) is 0.625. The van der Waals surface area contributed by atoms with Crippen molar-refractivity contribution in [1.29, 1.82) is 0 Å². The number of hydrogen-bond donors (Lipinski definition) is 1. The number of halogens is 3. The van der Waals surface area contributed by atoms with Gasteiger partial charge in [-0.05, 0) is 56.4 Å². The molecule has 3 rings (SSSR count). The molecule has 22 heavy (non-hydrogen) atoms. The number of nitrogens with zero attached hydrogens (tertiary/aromatic N) is 1. The quantitative estimate of drug-likeness (QED) is 0.876. The molecule has 3 nitrogen and oxygen atoms in total. The van der Waals surface area contributed by atoms with Crippen molar-refractivity contribution < 1.29 is 4.74 Å². The first kappa shape index (κ1) is 18.2. The lowest BCUT2D eigenvalue weighted by Crippen LogP contribution is -2.38. The average molecular weight is 366 g/mol. The first-order chi connectivity index (χ1) is 10.1. The number of likely N-dealkylation sites (tertiary alicyclic amines) is 1. The maximum atomic E-state index is 6.23. The van der Waals surface area contributed by atoms with Gasteiger partial charge >= 0.3 is 0 Å². The maximum absolute atomic E-state index is 6.23. The number of piperidine rings is 1.